The molecule has 1 aromatic carbocycles. The van der Waals surface area contributed by atoms with Crippen LogP contribution in [0.5, 0.6) is 0 Å². The Morgan fingerprint density at radius 1 is 1.42 bits per heavy atom. The number of nitrogens with zero attached hydrogens (tertiary/aromatic N) is 1. The minimum atomic E-state index is -3.45. The lowest BCUT2D eigenvalue weighted by molar-refractivity contribution is 0.340. The molecule has 7 heteroatoms. The summed E-state index contributed by atoms with van der Waals surface area (Å²) in [6, 6.07) is 4.75. The summed E-state index contributed by atoms with van der Waals surface area (Å²) in [6.07, 6.45) is 0. The van der Waals surface area contributed by atoms with Gasteiger partial charge in [-0.3, -0.25) is 0 Å². The first kappa shape index (κ1) is 15.2. The van der Waals surface area contributed by atoms with Crippen molar-refractivity contribution in [1.82, 2.24) is 4.31 Å². The molecular weight excluding hydrogens is 348 g/mol. The van der Waals surface area contributed by atoms with E-state index in [4.69, 9.17) is 5.73 Å². The maximum Gasteiger partial charge on any atom is 0.243 e. The molecule has 1 heterocycles. The van der Waals surface area contributed by atoms with Gasteiger partial charge in [-0.05, 0) is 41.1 Å². The zero-order valence-corrected chi connectivity index (χ0v) is 14.1. The Morgan fingerprint density at radius 3 is 2.74 bits per heavy atom. The summed E-state index contributed by atoms with van der Waals surface area (Å²) < 4.78 is 27.5. The van der Waals surface area contributed by atoms with Gasteiger partial charge in [-0.25, -0.2) is 8.42 Å². The number of hydrogen-bond donors (Lipinski definition) is 1. The van der Waals surface area contributed by atoms with Gasteiger partial charge in [0.05, 0.1) is 4.90 Å². The number of nitrogen functional groups attached to an aromatic ring is 1. The summed E-state index contributed by atoms with van der Waals surface area (Å²) in [5, 5.41) is 0.306. The SMILES string of the molecule is CC1SCCN(S(=O)(=O)c2ccc(N)c(Br)c2)C1C. The van der Waals surface area contributed by atoms with E-state index in [0.29, 0.717) is 26.9 Å². The van der Waals surface area contributed by atoms with Crippen LogP contribution < -0.4 is 5.73 Å². The van der Waals surface area contributed by atoms with Gasteiger partial charge in [0.2, 0.25) is 10.0 Å². The summed E-state index contributed by atoms with van der Waals surface area (Å²) in [5.74, 6) is 0.834. The smallest absolute Gasteiger partial charge is 0.243 e. The van der Waals surface area contributed by atoms with Crippen LogP contribution in [0.15, 0.2) is 27.6 Å². The highest BCUT2D eigenvalue weighted by atomic mass is 79.9. The maximum absolute atomic E-state index is 12.7. The zero-order valence-electron chi connectivity index (χ0n) is 10.8. The molecule has 0 spiro atoms. The number of halogens is 1. The van der Waals surface area contributed by atoms with E-state index in [-0.39, 0.29) is 6.04 Å². The third kappa shape index (κ3) is 2.94. The van der Waals surface area contributed by atoms with E-state index in [0.717, 1.165) is 5.75 Å². The molecule has 2 N–H and O–H groups in total. The van der Waals surface area contributed by atoms with Crippen molar-refractivity contribution in [2.45, 2.75) is 30.0 Å². The Morgan fingerprint density at radius 2 is 2.11 bits per heavy atom. The fourth-order valence-electron chi connectivity index (χ4n) is 2.05. The van der Waals surface area contributed by atoms with Gasteiger partial charge in [-0.1, -0.05) is 6.92 Å². The van der Waals surface area contributed by atoms with Crippen molar-refractivity contribution in [1.29, 1.82) is 0 Å². The quantitative estimate of drug-likeness (QED) is 0.819. The summed E-state index contributed by atoms with van der Waals surface area (Å²) in [7, 11) is -3.45. The zero-order chi connectivity index (χ0) is 14.2. The molecule has 4 nitrogen and oxygen atoms in total. The van der Waals surface area contributed by atoms with Crippen LogP contribution in [0.1, 0.15) is 13.8 Å². The predicted molar refractivity (Wildman–Crippen MR) is 83.8 cm³/mol. The van der Waals surface area contributed by atoms with Gasteiger partial charge in [0.25, 0.3) is 0 Å². The van der Waals surface area contributed by atoms with Gasteiger partial charge < -0.3 is 5.73 Å². The molecule has 1 aliphatic heterocycles. The van der Waals surface area contributed by atoms with Crippen LogP contribution in [0.25, 0.3) is 0 Å². The molecule has 2 atom stereocenters. The lowest BCUT2D eigenvalue weighted by atomic mass is 10.2. The van der Waals surface area contributed by atoms with Crippen LogP contribution in [0.3, 0.4) is 0 Å². The molecule has 0 aromatic heterocycles. The predicted octanol–water partition coefficient (Wildman–Crippen LogP) is 2.55. The van der Waals surface area contributed by atoms with Crippen molar-refractivity contribution >= 4 is 43.4 Å². The van der Waals surface area contributed by atoms with Gasteiger partial charge in [-0.2, -0.15) is 16.1 Å². The van der Waals surface area contributed by atoms with Crippen LogP contribution in [-0.2, 0) is 10.0 Å². The molecule has 1 aliphatic rings. The van der Waals surface area contributed by atoms with E-state index < -0.39 is 10.0 Å². The maximum atomic E-state index is 12.7. The minimum absolute atomic E-state index is 0.0000728. The average molecular weight is 365 g/mol. The lowest BCUT2D eigenvalue weighted by Crippen LogP contribution is -2.47. The van der Waals surface area contributed by atoms with E-state index in [2.05, 4.69) is 22.9 Å². The van der Waals surface area contributed by atoms with E-state index in [1.165, 1.54) is 0 Å². The third-order valence-corrected chi connectivity index (χ3v) is 7.41. The summed E-state index contributed by atoms with van der Waals surface area (Å²) >= 11 is 5.09. The van der Waals surface area contributed by atoms with Crippen molar-refractivity contribution in [3.05, 3.63) is 22.7 Å². The fraction of sp³-hybridized carbons (Fsp3) is 0.500. The molecule has 1 saturated heterocycles. The number of rotatable bonds is 2. The highest BCUT2D eigenvalue weighted by molar-refractivity contribution is 9.10. The van der Waals surface area contributed by atoms with E-state index >= 15 is 0 Å². The number of nitrogens with two attached hydrogens (primary N) is 1. The van der Waals surface area contributed by atoms with Crippen LogP contribution in [0.2, 0.25) is 0 Å². The van der Waals surface area contributed by atoms with Gasteiger partial charge >= 0.3 is 0 Å². The van der Waals surface area contributed by atoms with E-state index in [1.807, 2.05) is 18.7 Å². The monoisotopic (exact) mass is 364 g/mol. The standard InChI is InChI=1S/C12H17BrN2O2S2/c1-8-9(2)18-6-5-15(8)19(16,17)10-3-4-12(14)11(13)7-10/h3-4,7-9H,5-6,14H2,1-2H3. The van der Waals surface area contributed by atoms with Crippen molar-refractivity contribution in [3.63, 3.8) is 0 Å². The van der Waals surface area contributed by atoms with Crippen LogP contribution >= 0.6 is 27.7 Å². The Labute approximate surface area is 126 Å². The second kappa shape index (κ2) is 5.63. The molecule has 0 radical (unpaired) electrons. The van der Waals surface area contributed by atoms with Gasteiger partial charge in [0.1, 0.15) is 0 Å². The molecule has 106 valence electrons. The Hall–Kier alpha value is -0.240. The summed E-state index contributed by atoms with van der Waals surface area (Å²) in [6.45, 7) is 4.58. The minimum Gasteiger partial charge on any atom is -0.398 e. The second-order valence-electron chi connectivity index (χ2n) is 4.62. The lowest BCUT2D eigenvalue weighted by Gasteiger charge is -2.36. The Bertz CT molecular complexity index is 577. The van der Waals surface area contributed by atoms with Gasteiger partial charge in [0.15, 0.2) is 0 Å². The average Bonchev–Trinajstić information content (AvgIpc) is 2.35. The number of anilines is 1. The molecule has 2 unspecified atom stereocenters. The van der Waals surface area contributed by atoms with Crippen molar-refractivity contribution in [2.24, 2.45) is 0 Å². The molecule has 0 bridgehead atoms. The van der Waals surface area contributed by atoms with Crippen LogP contribution in [-0.4, -0.2) is 36.3 Å². The largest absolute Gasteiger partial charge is 0.398 e. The number of benzene rings is 1. The fourth-order valence-corrected chi connectivity index (χ4v) is 5.60. The molecule has 19 heavy (non-hydrogen) atoms. The van der Waals surface area contributed by atoms with Crippen molar-refractivity contribution < 1.29 is 8.42 Å². The third-order valence-electron chi connectivity index (χ3n) is 3.40. The number of hydrogen-bond acceptors (Lipinski definition) is 4. The molecule has 0 saturated carbocycles. The van der Waals surface area contributed by atoms with E-state index in [1.54, 1.807) is 22.5 Å². The summed E-state index contributed by atoms with van der Waals surface area (Å²) in [5.41, 5.74) is 6.24. The first-order valence-electron chi connectivity index (χ1n) is 6.02. The van der Waals surface area contributed by atoms with Crippen molar-refractivity contribution in [2.75, 3.05) is 18.0 Å². The highest BCUT2D eigenvalue weighted by Crippen LogP contribution is 2.31. The van der Waals surface area contributed by atoms with Gasteiger partial charge in [-0.15, -0.1) is 0 Å². The van der Waals surface area contributed by atoms with Crippen LogP contribution in [0.4, 0.5) is 5.69 Å². The van der Waals surface area contributed by atoms with Crippen molar-refractivity contribution in [3.8, 4) is 0 Å². The highest BCUT2D eigenvalue weighted by Gasteiger charge is 2.34. The molecule has 1 fully saturated rings. The Balaban J connectivity index is 2.38. The first-order chi connectivity index (χ1) is 8.84. The first-order valence-corrected chi connectivity index (χ1v) is 9.30. The topological polar surface area (TPSA) is 63.4 Å². The number of thioether (sulfide) groups is 1. The summed E-state index contributed by atoms with van der Waals surface area (Å²) in [4.78, 5) is 0.291. The van der Waals surface area contributed by atoms with Crippen LogP contribution in [0, 0.1) is 0 Å². The normalized spacial score (nSPS) is 25.4. The molecule has 0 aliphatic carbocycles. The molecule has 2 rings (SSSR count). The Kier molecular flexibility index (Phi) is 4.49. The molecular formula is C12H17BrN2O2S2. The van der Waals surface area contributed by atoms with Gasteiger partial charge in [0, 0.05) is 33.7 Å². The number of sulfonamides is 1. The second-order valence-corrected chi connectivity index (χ2v) is 8.85. The molecule has 0 amide bonds. The van der Waals surface area contributed by atoms with E-state index in [9.17, 15) is 8.42 Å². The molecule has 1 aromatic rings.